The van der Waals surface area contributed by atoms with Crippen LogP contribution in [0.5, 0.6) is 0 Å². The maximum Gasteiger partial charge on any atom is 0.410 e. The van der Waals surface area contributed by atoms with Gasteiger partial charge in [0.05, 0.1) is 23.2 Å². The minimum Gasteiger partial charge on any atom is -0.443 e. The molecule has 2 aromatic rings. The second-order valence-electron chi connectivity index (χ2n) is 8.91. The molecule has 0 spiro atoms. The lowest BCUT2D eigenvalue weighted by molar-refractivity contribution is -0.0607. The van der Waals surface area contributed by atoms with Crippen LogP contribution in [0.4, 0.5) is 4.79 Å². The van der Waals surface area contributed by atoms with Gasteiger partial charge in [0.2, 0.25) is 0 Å². The van der Waals surface area contributed by atoms with Gasteiger partial charge in [0.25, 0.3) is 5.56 Å². The molecule has 3 rings (SSSR count). The average molecular weight is 409 g/mol. The number of amides is 1. The molecule has 0 bridgehead atoms. The molecular formula is C23H28N4O3. The van der Waals surface area contributed by atoms with Crippen molar-refractivity contribution < 1.29 is 9.53 Å². The van der Waals surface area contributed by atoms with Crippen molar-refractivity contribution in [1.29, 1.82) is 5.26 Å². The second-order valence-corrected chi connectivity index (χ2v) is 8.91. The van der Waals surface area contributed by atoms with E-state index in [9.17, 15) is 14.9 Å². The van der Waals surface area contributed by atoms with Crippen molar-refractivity contribution in [2.75, 3.05) is 6.54 Å². The first-order valence-corrected chi connectivity index (χ1v) is 10.1. The highest BCUT2D eigenvalue weighted by Crippen LogP contribution is 2.37. The first kappa shape index (κ1) is 21.6. The standard InChI is InChI=1S/C23H28N4O3/c1-16(27-13-12-23(4,30-21(27)29)14-22(2,3)15-24)17-6-8-18(9-7-17)19-10-11-20(28)26(5)25-19/h6-11,16H,12-14H2,1-5H3/t16-,23-/m0/s1. The highest BCUT2D eigenvalue weighted by molar-refractivity contribution is 5.70. The fourth-order valence-electron chi connectivity index (χ4n) is 3.99. The molecule has 0 unspecified atom stereocenters. The Labute approximate surface area is 176 Å². The molecule has 1 fully saturated rings. The fraction of sp³-hybridized carbons (Fsp3) is 0.478. The number of nitrogens with zero attached hydrogens (tertiary/aromatic N) is 4. The highest BCUT2D eigenvalue weighted by atomic mass is 16.6. The Hall–Kier alpha value is -3.14. The van der Waals surface area contributed by atoms with Gasteiger partial charge in [-0.2, -0.15) is 10.4 Å². The van der Waals surface area contributed by atoms with Gasteiger partial charge in [-0.05, 0) is 39.3 Å². The third kappa shape index (κ3) is 4.54. The molecule has 0 aliphatic carbocycles. The average Bonchev–Trinajstić information content (AvgIpc) is 2.69. The molecule has 0 saturated carbocycles. The van der Waals surface area contributed by atoms with Gasteiger partial charge in [0.1, 0.15) is 5.60 Å². The van der Waals surface area contributed by atoms with E-state index in [1.165, 1.54) is 10.7 Å². The Bertz CT molecular complexity index is 1040. The second kappa shape index (κ2) is 7.94. The fourth-order valence-corrected chi connectivity index (χ4v) is 3.99. The minimum absolute atomic E-state index is 0.145. The molecule has 0 N–H and O–H groups in total. The van der Waals surface area contributed by atoms with Gasteiger partial charge in [-0.15, -0.1) is 0 Å². The monoisotopic (exact) mass is 408 g/mol. The summed E-state index contributed by atoms with van der Waals surface area (Å²) >= 11 is 0. The highest BCUT2D eigenvalue weighted by Gasteiger charge is 2.42. The Balaban J connectivity index is 1.72. The molecule has 1 saturated heterocycles. The number of carbonyl (C=O) groups is 1. The number of nitriles is 1. The van der Waals surface area contributed by atoms with Crippen LogP contribution >= 0.6 is 0 Å². The number of cyclic esters (lactones) is 1. The Morgan fingerprint density at radius 2 is 1.90 bits per heavy atom. The zero-order valence-electron chi connectivity index (χ0n) is 18.2. The third-order valence-electron chi connectivity index (χ3n) is 5.69. The maximum absolute atomic E-state index is 12.7. The molecular weight excluding hydrogens is 380 g/mol. The van der Waals surface area contributed by atoms with Gasteiger partial charge in [0, 0.05) is 38.1 Å². The van der Waals surface area contributed by atoms with Crippen molar-refractivity contribution >= 4 is 6.09 Å². The first-order valence-electron chi connectivity index (χ1n) is 10.1. The summed E-state index contributed by atoms with van der Waals surface area (Å²) in [6.07, 6.45) is 0.828. The Morgan fingerprint density at radius 3 is 2.47 bits per heavy atom. The number of aryl methyl sites for hydroxylation is 1. The predicted octanol–water partition coefficient (Wildman–Crippen LogP) is 4.05. The summed E-state index contributed by atoms with van der Waals surface area (Å²) in [6, 6.07) is 13.1. The molecule has 1 aliphatic rings. The smallest absolute Gasteiger partial charge is 0.410 e. The van der Waals surface area contributed by atoms with Crippen molar-refractivity contribution in [3.8, 4) is 17.3 Å². The van der Waals surface area contributed by atoms with Crippen LogP contribution in [0.2, 0.25) is 0 Å². The zero-order chi connectivity index (χ0) is 22.1. The van der Waals surface area contributed by atoms with E-state index in [4.69, 9.17) is 4.74 Å². The van der Waals surface area contributed by atoms with Crippen molar-refractivity contribution in [2.45, 2.75) is 52.2 Å². The van der Waals surface area contributed by atoms with E-state index in [-0.39, 0.29) is 17.7 Å². The topological polar surface area (TPSA) is 88.2 Å². The van der Waals surface area contributed by atoms with E-state index in [2.05, 4.69) is 11.2 Å². The summed E-state index contributed by atoms with van der Waals surface area (Å²) in [5.41, 5.74) is 1.26. The molecule has 1 aromatic heterocycles. The van der Waals surface area contributed by atoms with Crippen LogP contribution in [-0.4, -0.2) is 32.9 Å². The molecule has 1 aromatic carbocycles. The van der Waals surface area contributed by atoms with Gasteiger partial charge in [0.15, 0.2) is 0 Å². The van der Waals surface area contributed by atoms with Gasteiger partial charge in [-0.3, -0.25) is 4.79 Å². The zero-order valence-corrected chi connectivity index (χ0v) is 18.2. The summed E-state index contributed by atoms with van der Waals surface area (Å²) in [7, 11) is 1.62. The molecule has 1 aliphatic heterocycles. The number of ether oxygens (including phenoxy) is 1. The molecule has 0 radical (unpaired) electrons. The van der Waals surface area contributed by atoms with Crippen molar-refractivity contribution in [3.63, 3.8) is 0 Å². The van der Waals surface area contributed by atoms with E-state index in [0.29, 0.717) is 25.1 Å². The van der Waals surface area contributed by atoms with Crippen molar-refractivity contribution in [2.24, 2.45) is 12.5 Å². The number of hydrogen-bond acceptors (Lipinski definition) is 5. The van der Waals surface area contributed by atoms with E-state index in [0.717, 1.165) is 11.1 Å². The molecule has 1 amide bonds. The molecule has 158 valence electrons. The van der Waals surface area contributed by atoms with Crippen LogP contribution in [0.1, 0.15) is 52.1 Å². The molecule has 2 atom stereocenters. The summed E-state index contributed by atoms with van der Waals surface area (Å²) < 4.78 is 7.08. The first-order chi connectivity index (χ1) is 14.0. The molecule has 2 heterocycles. The van der Waals surface area contributed by atoms with E-state index in [1.807, 2.05) is 52.0 Å². The number of carbonyl (C=O) groups excluding carboxylic acids is 1. The number of aromatic nitrogens is 2. The van der Waals surface area contributed by atoms with Crippen LogP contribution in [-0.2, 0) is 11.8 Å². The number of benzene rings is 1. The molecule has 30 heavy (non-hydrogen) atoms. The van der Waals surface area contributed by atoms with E-state index in [1.54, 1.807) is 18.0 Å². The van der Waals surface area contributed by atoms with E-state index >= 15 is 0 Å². The van der Waals surface area contributed by atoms with Crippen LogP contribution in [0.3, 0.4) is 0 Å². The normalized spacial score (nSPS) is 20.4. The predicted molar refractivity (Wildman–Crippen MR) is 114 cm³/mol. The summed E-state index contributed by atoms with van der Waals surface area (Å²) in [6.45, 7) is 8.18. The quantitative estimate of drug-likeness (QED) is 0.745. The van der Waals surface area contributed by atoms with Gasteiger partial charge in [-0.1, -0.05) is 24.3 Å². The largest absolute Gasteiger partial charge is 0.443 e. The third-order valence-corrected chi connectivity index (χ3v) is 5.69. The summed E-state index contributed by atoms with van der Waals surface area (Å²) in [4.78, 5) is 26.0. The maximum atomic E-state index is 12.7. The lowest BCUT2D eigenvalue weighted by Gasteiger charge is -2.43. The van der Waals surface area contributed by atoms with Crippen molar-refractivity contribution in [1.82, 2.24) is 14.7 Å². The van der Waals surface area contributed by atoms with E-state index < -0.39 is 11.0 Å². The van der Waals surface area contributed by atoms with Crippen molar-refractivity contribution in [3.05, 3.63) is 52.3 Å². The Kier molecular flexibility index (Phi) is 5.71. The van der Waals surface area contributed by atoms with Crippen LogP contribution < -0.4 is 5.56 Å². The molecule has 7 nitrogen and oxygen atoms in total. The van der Waals surface area contributed by atoms with Crippen LogP contribution in [0.25, 0.3) is 11.3 Å². The Morgan fingerprint density at radius 1 is 1.23 bits per heavy atom. The van der Waals surface area contributed by atoms with Gasteiger partial charge in [-0.25, -0.2) is 9.48 Å². The molecule has 7 heteroatoms. The number of rotatable bonds is 5. The lowest BCUT2D eigenvalue weighted by Crippen LogP contribution is -2.50. The lowest BCUT2D eigenvalue weighted by atomic mass is 9.80. The van der Waals surface area contributed by atoms with Crippen LogP contribution in [0.15, 0.2) is 41.2 Å². The number of hydrogen-bond donors (Lipinski definition) is 0. The minimum atomic E-state index is -0.634. The van der Waals surface area contributed by atoms with Gasteiger partial charge >= 0.3 is 6.09 Å². The summed E-state index contributed by atoms with van der Waals surface area (Å²) in [5, 5.41) is 13.6. The SMILES string of the molecule is C[C@@H](c1ccc(-c2ccc(=O)n(C)n2)cc1)N1CC[C@@](C)(CC(C)(C)C#N)OC1=O. The summed E-state index contributed by atoms with van der Waals surface area (Å²) in [5.74, 6) is 0. The van der Waals surface area contributed by atoms with Gasteiger partial charge < -0.3 is 9.64 Å². The van der Waals surface area contributed by atoms with Crippen LogP contribution in [0, 0.1) is 16.7 Å².